The molecule has 4 nitrogen and oxygen atoms in total. The van der Waals surface area contributed by atoms with Crippen LogP contribution in [0, 0.1) is 0 Å². The van der Waals surface area contributed by atoms with Crippen LogP contribution in [-0.4, -0.2) is 11.1 Å². The predicted molar refractivity (Wildman–Crippen MR) is 135 cm³/mol. The molecule has 0 N–H and O–H groups in total. The first-order valence-electron chi connectivity index (χ1n) is 9.22. The molecular formula is C23H13BrCl3NO3S. The van der Waals surface area contributed by atoms with Crippen molar-refractivity contribution in [3.63, 3.8) is 0 Å². The summed E-state index contributed by atoms with van der Waals surface area (Å²) < 4.78 is 6.46. The van der Waals surface area contributed by atoms with Crippen LogP contribution >= 0.6 is 62.5 Å². The van der Waals surface area contributed by atoms with E-state index in [9.17, 15) is 9.59 Å². The maximum absolute atomic E-state index is 12.8. The van der Waals surface area contributed by atoms with E-state index < -0.39 is 0 Å². The Morgan fingerprint density at radius 3 is 2.38 bits per heavy atom. The zero-order valence-electron chi connectivity index (χ0n) is 16.2. The van der Waals surface area contributed by atoms with E-state index in [2.05, 4.69) is 15.9 Å². The number of para-hydroxylation sites is 1. The smallest absolute Gasteiger partial charge is 0.298 e. The number of rotatable bonds is 5. The number of anilines is 1. The van der Waals surface area contributed by atoms with E-state index >= 15 is 0 Å². The zero-order chi connectivity index (χ0) is 22.8. The van der Waals surface area contributed by atoms with Crippen molar-refractivity contribution in [2.24, 2.45) is 0 Å². The van der Waals surface area contributed by atoms with Crippen molar-refractivity contribution in [1.82, 2.24) is 0 Å². The zero-order valence-corrected chi connectivity index (χ0v) is 20.8. The Labute approximate surface area is 212 Å². The molecule has 1 aliphatic heterocycles. The van der Waals surface area contributed by atoms with Crippen molar-refractivity contribution in [3.05, 3.63) is 96.2 Å². The Balaban J connectivity index is 1.54. The third kappa shape index (κ3) is 5.00. The Morgan fingerprint density at radius 1 is 0.938 bits per heavy atom. The highest BCUT2D eigenvalue weighted by Gasteiger charge is 2.36. The minimum Gasteiger partial charge on any atom is -0.486 e. The fraction of sp³-hybridized carbons (Fsp3) is 0.0435. The largest absolute Gasteiger partial charge is 0.486 e. The summed E-state index contributed by atoms with van der Waals surface area (Å²) >= 11 is 22.8. The molecule has 3 aromatic rings. The molecule has 1 fully saturated rings. The minimum atomic E-state index is -0.376. The molecule has 2 amide bonds. The molecule has 32 heavy (non-hydrogen) atoms. The molecule has 0 saturated carbocycles. The van der Waals surface area contributed by atoms with Crippen LogP contribution in [0.15, 0.2) is 70.0 Å². The molecule has 162 valence electrons. The highest BCUT2D eigenvalue weighted by molar-refractivity contribution is 9.10. The van der Waals surface area contributed by atoms with Crippen LogP contribution < -0.4 is 9.64 Å². The summed E-state index contributed by atoms with van der Waals surface area (Å²) in [5, 5.41) is 0.917. The molecule has 0 atom stereocenters. The molecule has 0 bridgehead atoms. The Hall–Kier alpha value is -1.96. The second kappa shape index (κ2) is 9.89. The van der Waals surface area contributed by atoms with Gasteiger partial charge in [-0.1, -0.05) is 59.1 Å². The molecule has 0 radical (unpaired) electrons. The van der Waals surface area contributed by atoms with Gasteiger partial charge in [-0.3, -0.25) is 9.59 Å². The van der Waals surface area contributed by atoms with E-state index in [1.54, 1.807) is 54.6 Å². The average molecular weight is 570 g/mol. The minimum absolute atomic E-state index is 0.241. The second-order valence-corrected chi connectivity index (χ2v) is 9.77. The lowest BCUT2D eigenvalue weighted by Gasteiger charge is -2.12. The van der Waals surface area contributed by atoms with E-state index in [0.29, 0.717) is 41.4 Å². The van der Waals surface area contributed by atoms with Gasteiger partial charge in [0.2, 0.25) is 0 Å². The molecular weight excluding hydrogens is 557 g/mol. The number of carbonyl (C=O) groups is 2. The van der Waals surface area contributed by atoms with Gasteiger partial charge in [-0.25, -0.2) is 4.90 Å². The average Bonchev–Trinajstić information content (AvgIpc) is 3.03. The van der Waals surface area contributed by atoms with Crippen LogP contribution in [-0.2, 0) is 11.4 Å². The lowest BCUT2D eigenvalue weighted by atomic mass is 10.2. The number of benzene rings is 3. The monoisotopic (exact) mass is 567 g/mol. The van der Waals surface area contributed by atoms with E-state index in [1.165, 1.54) is 0 Å². The number of imide groups is 1. The van der Waals surface area contributed by atoms with Crippen molar-refractivity contribution in [2.75, 3.05) is 4.90 Å². The van der Waals surface area contributed by atoms with E-state index in [4.69, 9.17) is 39.5 Å². The summed E-state index contributed by atoms with van der Waals surface area (Å²) in [5.74, 6) is 0.0747. The molecule has 1 aliphatic rings. The molecule has 1 saturated heterocycles. The third-order valence-electron chi connectivity index (χ3n) is 4.49. The number of hydrogen-bond acceptors (Lipinski definition) is 4. The van der Waals surface area contributed by atoms with Gasteiger partial charge in [0, 0.05) is 0 Å². The number of hydrogen-bond donors (Lipinski definition) is 0. The number of amides is 2. The van der Waals surface area contributed by atoms with E-state index in [-0.39, 0.29) is 17.8 Å². The summed E-state index contributed by atoms with van der Waals surface area (Å²) in [6.45, 7) is 0.241. The highest BCUT2D eigenvalue weighted by atomic mass is 79.9. The van der Waals surface area contributed by atoms with Gasteiger partial charge in [-0.05, 0) is 81.3 Å². The SMILES string of the molecule is O=C1S/C(=C\c2cc(Cl)c(OCc3ccc(Cl)c(Cl)c3)c(Br)c2)C(=O)N1c1ccccc1. The van der Waals surface area contributed by atoms with Gasteiger partial charge < -0.3 is 4.74 Å². The molecule has 0 unspecified atom stereocenters. The number of ether oxygens (including phenoxy) is 1. The quantitative estimate of drug-likeness (QED) is 0.291. The Morgan fingerprint density at radius 2 is 1.69 bits per heavy atom. The number of nitrogens with zero attached hydrogens (tertiary/aromatic N) is 1. The first-order valence-corrected chi connectivity index (χ1v) is 12.0. The van der Waals surface area contributed by atoms with Gasteiger partial charge in [-0.15, -0.1) is 0 Å². The summed E-state index contributed by atoms with van der Waals surface area (Å²) in [5.41, 5.74) is 2.02. The first kappa shape index (κ1) is 23.2. The third-order valence-corrected chi connectivity index (χ3v) is 6.97. The van der Waals surface area contributed by atoms with Crippen LogP contribution in [0.4, 0.5) is 10.5 Å². The Kier molecular flexibility index (Phi) is 7.17. The van der Waals surface area contributed by atoms with Crippen LogP contribution in [0.1, 0.15) is 11.1 Å². The summed E-state index contributed by atoms with van der Waals surface area (Å²) in [7, 11) is 0. The summed E-state index contributed by atoms with van der Waals surface area (Å²) in [4.78, 5) is 26.7. The summed E-state index contributed by atoms with van der Waals surface area (Å²) in [6, 6.07) is 17.5. The fourth-order valence-electron chi connectivity index (χ4n) is 3.00. The van der Waals surface area contributed by atoms with Gasteiger partial charge in [0.05, 0.1) is 30.1 Å². The standard InChI is InChI=1S/C23H13BrCl3NO3S/c24-16-8-14(10-19(27)21(16)31-12-13-6-7-17(25)18(26)9-13)11-20-22(29)28(23(30)32-20)15-4-2-1-3-5-15/h1-11H,12H2/b20-11-. The van der Waals surface area contributed by atoms with Crippen molar-refractivity contribution >= 4 is 85.4 Å². The lowest BCUT2D eigenvalue weighted by Crippen LogP contribution is -2.27. The molecule has 0 aromatic heterocycles. The van der Waals surface area contributed by atoms with Crippen molar-refractivity contribution < 1.29 is 14.3 Å². The first-order chi connectivity index (χ1) is 15.3. The molecule has 9 heteroatoms. The fourth-order valence-corrected chi connectivity index (χ4v) is 5.16. The maximum atomic E-state index is 12.8. The van der Waals surface area contributed by atoms with Gasteiger partial charge >= 0.3 is 0 Å². The van der Waals surface area contributed by atoms with Crippen LogP contribution in [0.5, 0.6) is 5.75 Å². The lowest BCUT2D eigenvalue weighted by molar-refractivity contribution is -0.113. The summed E-state index contributed by atoms with van der Waals surface area (Å²) in [6.07, 6.45) is 1.63. The predicted octanol–water partition coefficient (Wildman–Crippen LogP) is 8.23. The number of halogens is 4. The molecule has 0 spiro atoms. The number of carbonyl (C=O) groups excluding carboxylic acids is 2. The normalized spacial score (nSPS) is 15.0. The van der Waals surface area contributed by atoms with Crippen LogP contribution in [0.3, 0.4) is 0 Å². The van der Waals surface area contributed by atoms with Gasteiger partial charge in [0.25, 0.3) is 11.1 Å². The number of thioether (sulfide) groups is 1. The molecule has 3 aromatic carbocycles. The second-order valence-electron chi connectivity index (χ2n) is 6.70. The maximum Gasteiger partial charge on any atom is 0.298 e. The van der Waals surface area contributed by atoms with E-state index in [1.807, 2.05) is 12.1 Å². The van der Waals surface area contributed by atoms with Crippen LogP contribution in [0.2, 0.25) is 15.1 Å². The molecule has 0 aliphatic carbocycles. The molecule has 4 rings (SSSR count). The van der Waals surface area contributed by atoms with Crippen molar-refractivity contribution in [2.45, 2.75) is 6.61 Å². The van der Waals surface area contributed by atoms with Gasteiger partial charge in [0.15, 0.2) is 5.75 Å². The highest BCUT2D eigenvalue weighted by Crippen LogP contribution is 2.39. The van der Waals surface area contributed by atoms with Crippen LogP contribution in [0.25, 0.3) is 6.08 Å². The van der Waals surface area contributed by atoms with Gasteiger partial charge in [-0.2, -0.15) is 0 Å². The van der Waals surface area contributed by atoms with Gasteiger partial charge in [0.1, 0.15) is 6.61 Å². The Bertz CT molecular complexity index is 1230. The van der Waals surface area contributed by atoms with E-state index in [0.717, 1.165) is 22.2 Å². The van der Waals surface area contributed by atoms with Crippen molar-refractivity contribution in [1.29, 1.82) is 0 Å². The van der Waals surface area contributed by atoms with Crippen molar-refractivity contribution in [3.8, 4) is 5.75 Å². The molecule has 1 heterocycles. The topological polar surface area (TPSA) is 46.6 Å².